The van der Waals surface area contributed by atoms with Gasteiger partial charge in [-0.05, 0) is 58.7 Å². The number of hydrogen-bond donors (Lipinski definition) is 0. The summed E-state index contributed by atoms with van der Waals surface area (Å²) in [6.07, 6.45) is 29.3. The molecule has 0 spiro atoms. The molecule has 174 valence electrons. The molecule has 0 atom stereocenters. The van der Waals surface area contributed by atoms with E-state index in [1.54, 1.807) is 0 Å². The van der Waals surface area contributed by atoms with Gasteiger partial charge in [0.05, 0.1) is 0 Å². The number of hydrogen-bond acceptors (Lipinski definition) is 1. The van der Waals surface area contributed by atoms with Gasteiger partial charge < -0.3 is 4.90 Å². The SMILES string of the molecule is C=C(CCCCCCCCCCCC)CCCCCN(C)CCCCCCCC. The van der Waals surface area contributed by atoms with E-state index in [9.17, 15) is 0 Å². The Kier molecular flexibility index (Phi) is 23.7. The van der Waals surface area contributed by atoms with Crippen LogP contribution in [0.5, 0.6) is 0 Å². The zero-order valence-corrected chi connectivity index (χ0v) is 20.9. The Morgan fingerprint density at radius 3 is 1.21 bits per heavy atom. The number of unbranched alkanes of at least 4 members (excludes halogenated alkanes) is 16. The average molecular weight is 408 g/mol. The smallest absolute Gasteiger partial charge is 0.00218 e. The average Bonchev–Trinajstić information content (AvgIpc) is 2.71. The quantitative estimate of drug-likeness (QED) is 0.114. The van der Waals surface area contributed by atoms with Crippen LogP contribution in [0.3, 0.4) is 0 Å². The van der Waals surface area contributed by atoms with Gasteiger partial charge >= 0.3 is 0 Å². The summed E-state index contributed by atoms with van der Waals surface area (Å²) in [5.41, 5.74) is 1.50. The van der Waals surface area contributed by atoms with E-state index < -0.39 is 0 Å². The second kappa shape index (κ2) is 24.0. The predicted molar refractivity (Wildman–Crippen MR) is 135 cm³/mol. The van der Waals surface area contributed by atoms with Crippen molar-refractivity contribution >= 4 is 0 Å². The van der Waals surface area contributed by atoms with Crippen LogP contribution in [0.15, 0.2) is 12.2 Å². The summed E-state index contributed by atoms with van der Waals surface area (Å²) in [7, 11) is 2.30. The fourth-order valence-corrected chi connectivity index (χ4v) is 4.19. The van der Waals surface area contributed by atoms with Gasteiger partial charge in [0, 0.05) is 0 Å². The van der Waals surface area contributed by atoms with Crippen molar-refractivity contribution < 1.29 is 0 Å². The third kappa shape index (κ3) is 23.8. The van der Waals surface area contributed by atoms with Crippen molar-refractivity contribution in [1.82, 2.24) is 4.90 Å². The molecular formula is C28H57N. The third-order valence-corrected chi connectivity index (χ3v) is 6.35. The van der Waals surface area contributed by atoms with Gasteiger partial charge in [-0.3, -0.25) is 0 Å². The molecule has 0 radical (unpaired) electrons. The molecule has 0 aromatic carbocycles. The van der Waals surface area contributed by atoms with Crippen LogP contribution in [0.25, 0.3) is 0 Å². The zero-order valence-electron chi connectivity index (χ0n) is 20.9. The molecule has 0 unspecified atom stereocenters. The van der Waals surface area contributed by atoms with Gasteiger partial charge in [-0.1, -0.05) is 122 Å². The van der Waals surface area contributed by atoms with E-state index in [0.717, 1.165) is 0 Å². The van der Waals surface area contributed by atoms with E-state index in [4.69, 9.17) is 0 Å². The predicted octanol–water partition coefficient (Wildman–Crippen LogP) is 9.71. The molecule has 0 rings (SSSR count). The van der Waals surface area contributed by atoms with E-state index in [1.807, 2.05) is 0 Å². The van der Waals surface area contributed by atoms with Gasteiger partial charge in [-0.2, -0.15) is 0 Å². The first-order valence-electron chi connectivity index (χ1n) is 13.6. The number of rotatable bonds is 24. The molecule has 0 aliphatic rings. The molecule has 0 bridgehead atoms. The zero-order chi connectivity index (χ0) is 21.4. The lowest BCUT2D eigenvalue weighted by Crippen LogP contribution is -2.20. The molecule has 0 N–H and O–H groups in total. The van der Waals surface area contributed by atoms with Crippen molar-refractivity contribution in [2.75, 3.05) is 20.1 Å². The van der Waals surface area contributed by atoms with Crippen molar-refractivity contribution in [2.24, 2.45) is 0 Å². The second-order valence-corrected chi connectivity index (χ2v) is 9.56. The van der Waals surface area contributed by atoms with E-state index in [0.29, 0.717) is 0 Å². The maximum Gasteiger partial charge on any atom is -0.00218 e. The lowest BCUT2D eigenvalue weighted by molar-refractivity contribution is 0.315. The third-order valence-electron chi connectivity index (χ3n) is 6.35. The summed E-state index contributed by atoms with van der Waals surface area (Å²) in [4.78, 5) is 2.54. The van der Waals surface area contributed by atoms with Crippen LogP contribution in [0.1, 0.15) is 149 Å². The summed E-state index contributed by atoms with van der Waals surface area (Å²) in [6, 6.07) is 0. The molecule has 0 saturated carbocycles. The fraction of sp³-hybridized carbons (Fsp3) is 0.929. The fourth-order valence-electron chi connectivity index (χ4n) is 4.19. The molecule has 0 aliphatic heterocycles. The molecule has 0 saturated heterocycles. The van der Waals surface area contributed by atoms with Crippen molar-refractivity contribution in [3.05, 3.63) is 12.2 Å². The van der Waals surface area contributed by atoms with Crippen LogP contribution in [0.4, 0.5) is 0 Å². The van der Waals surface area contributed by atoms with Crippen LogP contribution < -0.4 is 0 Å². The highest BCUT2D eigenvalue weighted by atomic mass is 15.1. The molecule has 1 heteroatoms. The van der Waals surface area contributed by atoms with E-state index in [2.05, 4.69) is 32.4 Å². The first kappa shape index (κ1) is 28.7. The molecule has 29 heavy (non-hydrogen) atoms. The molecular weight excluding hydrogens is 350 g/mol. The van der Waals surface area contributed by atoms with Crippen molar-refractivity contribution in [3.8, 4) is 0 Å². The molecule has 0 aliphatic carbocycles. The van der Waals surface area contributed by atoms with Crippen LogP contribution in [0.2, 0.25) is 0 Å². The maximum atomic E-state index is 4.32. The summed E-state index contributed by atoms with van der Waals surface area (Å²) < 4.78 is 0. The highest BCUT2D eigenvalue weighted by molar-refractivity contribution is 4.93. The largest absolute Gasteiger partial charge is 0.306 e. The van der Waals surface area contributed by atoms with E-state index in [1.165, 1.54) is 153 Å². The minimum absolute atomic E-state index is 1.26. The van der Waals surface area contributed by atoms with Crippen LogP contribution in [-0.4, -0.2) is 25.0 Å². The lowest BCUT2D eigenvalue weighted by atomic mass is 10.0. The van der Waals surface area contributed by atoms with Gasteiger partial charge in [0.15, 0.2) is 0 Å². The van der Waals surface area contributed by atoms with Gasteiger partial charge in [0.25, 0.3) is 0 Å². The molecule has 1 nitrogen and oxygen atoms in total. The molecule has 0 heterocycles. The van der Waals surface area contributed by atoms with Gasteiger partial charge in [-0.25, -0.2) is 0 Å². The summed E-state index contributed by atoms with van der Waals surface area (Å²) in [5, 5.41) is 0. The van der Waals surface area contributed by atoms with E-state index in [-0.39, 0.29) is 0 Å². The van der Waals surface area contributed by atoms with Crippen molar-refractivity contribution in [1.29, 1.82) is 0 Å². The van der Waals surface area contributed by atoms with Crippen LogP contribution in [-0.2, 0) is 0 Å². The molecule has 0 aromatic heterocycles. The lowest BCUT2D eigenvalue weighted by Gasteiger charge is -2.16. The normalized spacial score (nSPS) is 11.4. The van der Waals surface area contributed by atoms with E-state index >= 15 is 0 Å². The minimum Gasteiger partial charge on any atom is -0.306 e. The van der Waals surface area contributed by atoms with Gasteiger partial charge in [0.1, 0.15) is 0 Å². The topological polar surface area (TPSA) is 3.24 Å². The Morgan fingerprint density at radius 1 is 0.483 bits per heavy atom. The van der Waals surface area contributed by atoms with Crippen molar-refractivity contribution in [3.63, 3.8) is 0 Å². The minimum atomic E-state index is 1.26. The van der Waals surface area contributed by atoms with Gasteiger partial charge in [0.2, 0.25) is 0 Å². The Balaban J connectivity index is 3.27. The van der Waals surface area contributed by atoms with Crippen LogP contribution in [0, 0.1) is 0 Å². The molecule has 0 amide bonds. The Labute approximate surface area is 186 Å². The summed E-state index contributed by atoms with van der Waals surface area (Å²) >= 11 is 0. The first-order valence-corrected chi connectivity index (χ1v) is 13.6. The standard InChI is InChI=1S/C28H57N/c1-5-7-9-11-13-14-15-16-17-20-24-28(3)25-21-19-23-27-29(4)26-22-18-12-10-8-6-2/h3,5-27H2,1-2,4H3. The highest BCUT2D eigenvalue weighted by Gasteiger charge is 2.00. The summed E-state index contributed by atoms with van der Waals surface area (Å²) in [5.74, 6) is 0. The second-order valence-electron chi connectivity index (χ2n) is 9.56. The molecule has 0 fully saturated rings. The summed E-state index contributed by atoms with van der Waals surface area (Å²) in [6.45, 7) is 11.5. The Hall–Kier alpha value is -0.300. The maximum absolute atomic E-state index is 4.32. The first-order chi connectivity index (χ1) is 14.2. The highest BCUT2D eigenvalue weighted by Crippen LogP contribution is 2.16. The molecule has 0 aromatic rings. The number of nitrogens with zero attached hydrogens (tertiary/aromatic N) is 1. The Morgan fingerprint density at radius 2 is 0.793 bits per heavy atom. The van der Waals surface area contributed by atoms with Crippen LogP contribution >= 0.6 is 0 Å². The Bertz CT molecular complexity index is 322. The monoisotopic (exact) mass is 407 g/mol. The number of allylic oxidation sites excluding steroid dienone is 1. The van der Waals surface area contributed by atoms with Gasteiger partial charge in [-0.15, -0.1) is 0 Å². The van der Waals surface area contributed by atoms with Crippen molar-refractivity contribution in [2.45, 2.75) is 149 Å².